The second kappa shape index (κ2) is 5.75. The molecule has 1 heterocycles. The van der Waals surface area contributed by atoms with E-state index in [9.17, 15) is 4.39 Å². The molecule has 0 N–H and O–H groups in total. The first-order chi connectivity index (χ1) is 10.6. The molecule has 1 aliphatic heterocycles. The third-order valence-electron chi connectivity index (χ3n) is 3.87. The van der Waals surface area contributed by atoms with Gasteiger partial charge in [0.15, 0.2) is 11.5 Å². The standard InChI is InChI=1S/C17H17FO4/c1-10(12-5-4-11(19-2)6-14(12)18)13-7-16-17(22-9-21-16)8-15(13)20-3/h4-8,10H,9H2,1-3H3. The molecule has 0 aliphatic carbocycles. The molecule has 2 aromatic carbocycles. The Morgan fingerprint density at radius 2 is 1.73 bits per heavy atom. The first kappa shape index (κ1) is 14.5. The zero-order valence-electron chi connectivity index (χ0n) is 12.7. The fourth-order valence-corrected chi connectivity index (χ4v) is 2.61. The molecular weight excluding hydrogens is 287 g/mol. The van der Waals surface area contributed by atoms with E-state index in [1.807, 2.05) is 13.0 Å². The summed E-state index contributed by atoms with van der Waals surface area (Å²) in [5, 5.41) is 0. The molecule has 5 heteroatoms. The van der Waals surface area contributed by atoms with Gasteiger partial charge in [0.1, 0.15) is 17.3 Å². The lowest BCUT2D eigenvalue weighted by Crippen LogP contribution is -2.02. The normalized spacial score (nSPS) is 13.8. The maximum atomic E-state index is 14.3. The Morgan fingerprint density at radius 3 is 2.36 bits per heavy atom. The van der Waals surface area contributed by atoms with Gasteiger partial charge in [-0.3, -0.25) is 0 Å². The number of fused-ring (bicyclic) bond motifs is 1. The van der Waals surface area contributed by atoms with Crippen LogP contribution in [0.2, 0.25) is 0 Å². The van der Waals surface area contributed by atoms with Gasteiger partial charge in [-0.25, -0.2) is 4.39 Å². The first-order valence-corrected chi connectivity index (χ1v) is 6.95. The molecule has 0 spiro atoms. The molecule has 1 atom stereocenters. The largest absolute Gasteiger partial charge is 0.497 e. The van der Waals surface area contributed by atoms with Gasteiger partial charge in [-0.15, -0.1) is 0 Å². The van der Waals surface area contributed by atoms with Crippen LogP contribution >= 0.6 is 0 Å². The quantitative estimate of drug-likeness (QED) is 0.862. The fraction of sp³-hybridized carbons (Fsp3) is 0.294. The molecule has 1 aliphatic rings. The van der Waals surface area contributed by atoms with E-state index >= 15 is 0 Å². The van der Waals surface area contributed by atoms with Gasteiger partial charge in [-0.2, -0.15) is 0 Å². The average molecular weight is 304 g/mol. The van der Waals surface area contributed by atoms with E-state index in [2.05, 4.69) is 0 Å². The molecule has 0 aromatic heterocycles. The van der Waals surface area contributed by atoms with E-state index in [0.29, 0.717) is 28.6 Å². The summed E-state index contributed by atoms with van der Waals surface area (Å²) in [5.41, 5.74) is 1.41. The number of hydrogen-bond acceptors (Lipinski definition) is 4. The Kier molecular flexibility index (Phi) is 3.79. The summed E-state index contributed by atoms with van der Waals surface area (Å²) in [6.45, 7) is 2.11. The van der Waals surface area contributed by atoms with E-state index in [0.717, 1.165) is 5.56 Å². The van der Waals surface area contributed by atoms with E-state index in [1.165, 1.54) is 13.2 Å². The number of rotatable bonds is 4. The minimum Gasteiger partial charge on any atom is -0.497 e. The number of benzene rings is 2. The second-order valence-electron chi connectivity index (χ2n) is 5.06. The van der Waals surface area contributed by atoms with Crippen LogP contribution in [-0.4, -0.2) is 21.0 Å². The SMILES string of the molecule is COc1ccc(C(C)c2cc3c(cc2OC)OCO3)c(F)c1. The molecule has 4 nitrogen and oxygen atoms in total. The first-order valence-electron chi connectivity index (χ1n) is 6.95. The van der Waals surface area contributed by atoms with Crippen molar-refractivity contribution in [3.8, 4) is 23.0 Å². The predicted molar refractivity (Wildman–Crippen MR) is 79.6 cm³/mol. The average Bonchev–Trinajstić information content (AvgIpc) is 3.00. The third kappa shape index (κ3) is 2.43. The van der Waals surface area contributed by atoms with Crippen LogP contribution < -0.4 is 18.9 Å². The van der Waals surface area contributed by atoms with Crippen LogP contribution in [-0.2, 0) is 0 Å². The number of ether oxygens (including phenoxy) is 4. The number of methoxy groups -OCH3 is 2. The molecule has 0 fully saturated rings. The highest BCUT2D eigenvalue weighted by molar-refractivity contribution is 5.54. The lowest BCUT2D eigenvalue weighted by Gasteiger charge is -2.18. The minimum atomic E-state index is -0.313. The van der Waals surface area contributed by atoms with Gasteiger partial charge < -0.3 is 18.9 Å². The highest BCUT2D eigenvalue weighted by Gasteiger charge is 2.23. The summed E-state index contributed by atoms with van der Waals surface area (Å²) in [7, 11) is 3.09. The molecule has 0 saturated carbocycles. The zero-order valence-corrected chi connectivity index (χ0v) is 12.7. The van der Waals surface area contributed by atoms with E-state index in [-0.39, 0.29) is 18.5 Å². The van der Waals surface area contributed by atoms with E-state index in [4.69, 9.17) is 18.9 Å². The summed E-state index contributed by atoms with van der Waals surface area (Å²) in [4.78, 5) is 0. The zero-order chi connectivity index (χ0) is 15.7. The Bertz CT molecular complexity index is 699. The molecule has 0 radical (unpaired) electrons. The van der Waals surface area contributed by atoms with Crippen LogP contribution in [0.25, 0.3) is 0 Å². The summed E-state index contributed by atoms with van der Waals surface area (Å²) in [5.74, 6) is 1.92. The molecule has 22 heavy (non-hydrogen) atoms. The van der Waals surface area contributed by atoms with Crippen molar-refractivity contribution < 1.29 is 23.3 Å². The van der Waals surface area contributed by atoms with Crippen molar-refractivity contribution in [3.63, 3.8) is 0 Å². The van der Waals surface area contributed by atoms with Crippen molar-refractivity contribution in [1.29, 1.82) is 0 Å². The fourth-order valence-electron chi connectivity index (χ4n) is 2.61. The Morgan fingerprint density at radius 1 is 1.00 bits per heavy atom. The Labute approximate surface area is 128 Å². The molecular formula is C17H17FO4. The summed E-state index contributed by atoms with van der Waals surface area (Å²) in [6, 6.07) is 8.47. The van der Waals surface area contributed by atoms with Gasteiger partial charge in [0.25, 0.3) is 0 Å². The minimum absolute atomic E-state index is 0.188. The lowest BCUT2D eigenvalue weighted by atomic mass is 9.91. The summed E-state index contributed by atoms with van der Waals surface area (Å²) >= 11 is 0. The van der Waals surface area contributed by atoms with Gasteiger partial charge in [-0.1, -0.05) is 13.0 Å². The third-order valence-corrected chi connectivity index (χ3v) is 3.87. The predicted octanol–water partition coefficient (Wildman–Crippen LogP) is 3.72. The Hall–Kier alpha value is -2.43. The van der Waals surface area contributed by atoms with Gasteiger partial charge in [0.2, 0.25) is 6.79 Å². The van der Waals surface area contributed by atoms with Gasteiger partial charge in [0, 0.05) is 23.6 Å². The lowest BCUT2D eigenvalue weighted by molar-refractivity contribution is 0.174. The van der Waals surface area contributed by atoms with Crippen LogP contribution in [0, 0.1) is 5.82 Å². The molecule has 0 saturated heterocycles. The molecule has 0 bridgehead atoms. The molecule has 0 amide bonds. The van der Waals surface area contributed by atoms with Crippen LogP contribution in [0.3, 0.4) is 0 Å². The molecule has 116 valence electrons. The summed E-state index contributed by atoms with van der Waals surface area (Å²) < 4.78 is 35.5. The summed E-state index contributed by atoms with van der Waals surface area (Å²) in [6.07, 6.45) is 0. The van der Waals surface area contributed by atoms with Gasteiger partial charge in [-0.05, 0) is 17.7 Å². The van der Waals surface area contributed by atoms with Crippen molar-refractivity contribution in [2.45, 2.75) is 12.8 Å². The maximum Gasteiger partial charge on any atom is 0.231 e. The smallest absolute Gasteiger partial charge is 0.231 e. The van der Waals surface area contributed by atoms with Crippen molar-refractivity contribution in [3.05, 3.63) is 47.3 Å². The highest BCUT2D eigenvalue weighted by atomic mass is 19.1. The van der Waals surface area contributed by atoms with E-state index in [1.54, 1.807) is 25.3 Å². The van der Waals surface area contributed by atoms with Gasteiger partial charge >= 0.3 is 0 Å². The van der Waals surface area contributed by atoms with Gasteiger partial charge in [0.05, 0.1) is 14.2 Å². The Balaban J connectivity index is 2.03. The van der Waals surface area contributed by atoms with Crippen LogP contribution in [0.1, 0.15) is 24.0 Å². The van der Waals surface area contributed by atoms with Crippen molar-refractivity contribution in [2.75, 3.05) is 21.0 Å². The van der Waals surface area contributed by atoms with Crippen LogP contribution in [0.15, 0.2) is 30.3 Å². The van der Waals surface area contributed by atoms with Crippen LogP contribution in [0.5, 0.6) is 23.0 Å². The molecule has 3 rings (SSSR count). The van der Waals surface area contributed by atoms with Crippen LogP contribution in [0.4, 0.5) is 4.39 Å². The molecule has 2 aromatic rings. The number of hydrogen-bond donors (Lipinski definition) is 0. The monoisotopic (exact) mass is 304 g/mol. The van der Waals surface area contributed by atoms with E-state index < -0.39 is 0 Å². The topological polar surface area (TPSA) is 36.9 Å². The van der Waals surface area contributed by atoms with Crippen molar-refractivity contribution >= 4 is 0 Å². The highest BCUT2D eigenvalue weighted by Crippen LogP contribution is 2.42. The van der Waals surface area contributed by atoms with Crippen molar-refractivity contribution in [1.82, 2.24) is 0 Å². The second-order valence-corrected chi connectivity index (χ2v) is 5.06. The molecule has 1 unspecified atom stereocenters. The number of halogens is 1. The van der Waals surface area contributed by atoms with Crippen molar-refractivity contribution in [2.24, 2.45) is 0 Å². The maximum absolute atomic E-state index is 14.3.